The van der Waals surface area contributed by atoms with Gasteiger partial charge in [0.05, 0.1) is 5.60 Å². The van der Waals surface area contributed by atoms with Crippen molar-refractivity contribution in [2.24, 2.45) is 0 Å². The molecule has 3 heteroatoms. The standard InChI is InChI=1S/C18H29NO2/c1-3-13-19-17(10-9-16-7-5-4-6-8-16)18(20-2)11-14-21-15-12-18/h4-8,17,19H,3,9-15H2,1-2H3. The van der Waals surface area contributed by atoms with Crippen molar-refractivity contribution in [3.05, 3.63) is 35.9 Å². The predicted molar refractivity (Wildman–Crippen MR) is 86.6 cm³/mol. The topological polar surface area (TPSA) is 30.5 Å². The quantitative estimate of drug-likeness (QED) is 0.798. The molecule has 0 aliphatic carbocycles. The predicted octanol–water partition coefficient (Wildman–Crippen LogP) is 3.18. The Morgan fingerprint density at radius 1 is 1.24 bits per heavy atom. The van der Waals surface area contributed by atoms with Gasteiger partial charge in [0, 0.05) is 39.2 Å². The Balaban J connectivity index is 2.01. The van der Waals surface area contributed by atoms with Gasteiger partial charge in [0.2, 0.25) is 0 Å². The van der Waals surface area contributed by atoms with Gasteiger partial charge in [-0.25, -0.2) is 0 Å². The van der Waals surface area contributed by atoms with Crippen molar-refractivity contribution in [1.82, 2.24) is 5.32 Å². The van der Waals surface area contributed by atoms with Crippen LogP contribution in [0.15, 0.2) is 30.3 Å². The highest BCUT2D eigenvalue weighted by atomic mass is 16.5. The van der Waals surface area contributed by atoms with Crippen LogP contribution in [0.4, 0.5) is 0 Å². The molecule has 0 amide bonds. The number of rotatable bonds is 8. The van der Waals surface area contributed by atoms with Crippen LogP contribution in [0.1, 0.15) is 38.2 Å². The molecule has 118 valence electrons. The molecule has 0 radical (unpaired) electrons. The molecule has 1 aromatic rings. The Morgan fingerprint density at radius 3 is 2.57 bits per heavy atom. The van der Waals surface area contributed by atoms with E-state index in [2.05, 4.69) is 42.6 Å². The normalized spacial score (nSPS) is 19.3. The highest BCUT2D eigenvalue weighted by Crippen LogP contribution is 2.30. The van der Waals surface area contributed by atoms with E-state index in [1.807, 2.05) is 7.11 Å². The molecule has 0 saturated carbocycles. The Bertz CT molecular complexity index is 387. The summed E-state index contributed by atoms with van der Waals surface area (Å²) in [6.07, 6.45) is 5.32. The largest absolute Gasteiger partial charge is 0.381 e. The minimum Gasteiger partial charge on any atom is -0.381 e. The number of benzene rings is 1. The van der Waals surface area contributed by atoms with Gasteiger partial charge >= 0.3 is 0 Å². The average Bonchev–Trinajstić information content (AvgIpc) is 2.56. The van der Waals surface area contributed by atoms with Gasteiger partial charge in [0.25, 0.3) is 0 Å². The Kier molecular flexibility index (Phi) is 6.68. The monoisotopic (exact) mass is 291 g/mol. The van der Waals surface area contributed by atoms with Crippen molar-refractivity contribution in [1.29, 1.82) is 0 Å². The molecule has 1 saturated heterocycles. The highest BCUT2D eigenvalue weighted by molar-refractivity contribution is 5.15. The molecule has 1 atom stereocenters. The lowest BCUT2D eigenvalue weighted by molar-refractivity contribution is -0.111. The van der Waals surface area contributed by atoms with Crippen LogP contribution < -0.4 is 5.32 Å². The number of aryl methyl sites for hydroxylation is 1. The summed E-state index contributed by atoms with van der Waals surface area (Å²) in [5.41, 5.74) is 1.33. The maximum Gasteiger partial charge on any atom is 0.0874 e. The summed E-state index contributed by atoms with van der Waals surface area (Å²) in [5, 5.41) is 3.72. The first-order valence-electron chi connectivity index (χ1n) is 8.21. The second-order valence-electron chi connectivity index (χ2n) is 5.91. The number of hydrogen-bond donors (Lipinski definition) is 1. The first kappa shape index (κ1) is 16.5. The van der Waals surface area contributed by atoms with E-state index in [-0.39, 0.29) is 5.60 Å². The molecular formula is C18H29NO2. The van der Waals surface area contributed by atoms with E-state index in [9.17, 15) is 0 Å². The average molecular weight is 291 g/mol. The van der Waals surface area contributed by atoms with Gasteiger partial charge in [-0.1, -0.05) is 37.3 Å². The summed E-state index contributed by atoms with van der Waals surface area (Å²) in [6, 6.07) is 11.1. The minimum atomic E-state index is -0.0673. The van der Waals surface area contributed by atoms with Crippen LogP contribution in [0.2, 0.25) is 0 Å². The fourth-order valence-electron chi connectivity index (χ4n) is 3.24. The van der Waals surface area contributed by atoms with Gasteiger partial charge in [-0.2, -0.15) is 0 Å². The van der Waals surface area contributed by atoms with Crippen molar-refractivity contribution in [2.75, 3.05) is 26.9 Å². The highest BCUT2D eigenvalue weighted by Gasteiger charge is 2.39. The second-order valence-corrected chi connectivity index (χ2v) is 5.91. The molecule has 1 heterocycles. The zero-order chi connectivity index (χ0) is 15.0. The molecule has 21 heavy (non-hydrogen) atoms. The van der Waals surface area contributed by atoms with Crippen LogP contribution >= 0.6 is 0 Å². The van der Waals surface area contributed by atoms with Crippen molar-refractivity contribution < 1.29 is 9.47 Å². The number of ether oxygens (including phenoxy) is 2. The van der Waals surface area contributed by atoms with Crippen molar-refractivity contribution in [3.8, 4) is 0 Å². The zero-order valence-electron chi connectivity index (χ0n) is 13.4. The first-order valence-corrected chi connectivity index (χ1v) is 8.21. The van der Waals surface area contributed by atoms with Crippen molar-refractivity contribution >= 4 is 0 Å². The van der Waals surface area contributed by atoms with E-state index in [1.54, 1.807) is 0 Å². The molecular weight excluding hydrogens is 262 g/mol. The summed E-state index contributed by atoms with van der Waals surface area (Å²) >= 11 is 0. The molecule has 3 nitrogen and oxygen atoms in total. The molecule has 1 N–H and O–H groups in total. The third-order valence-corrected chi connectivity index (χ3v) is 4.59. The molecule has 0 aromatic heterocycles. The summed E-state index contributed by atoms with van der Waals surface area (Å²) in [4.78, 5) is 0. The van der Waals surface area contributed by atoms with E-state index < -0.39 is 0 Å². The lowest BCUT2D eigenvalue weighted by Gasteiger charge is -2.43. The summed E-state index contributed by atoms with van der Waals surface area (Å²) < 4.78 is 11.5. The molecule has 1 fully saturated rings. The van der Waals surface area contributed by atoms with Crippen molar-refractivity contribution in [2.45, 2.75) is 50.7 Å². The minimum absolute atomic E-state index is 0.0673. The second kappa shape index (κ2) is 8.52. The Labute approximate surface area is 129 Å². The van der Waals surface area contributed by atoms with Gasteiger partial charge in [-0.15, -0.1) is 0 Å². The molecule has 1 aliphatic heterocycles. The summed E-state index contributed by atoms with van der Waals surface area (Å²) in [5.74, 6) is 0. The van der Waals surface area contributed by atoms with Gasteiger partial charge in [-0.3, -0.25) is 0 Å². The maximum absolute atomic E-state index is 5.98. The zero-order valence-corrected chi connectivity index (χ0v) is 13.4. The lowest BCUT2D eigenvalue weighted by atomic mass is 9.82. The maximum atomic E-state index is 5.98. The third kappa shape index (κ3) is 4.53. The molecule has 1 aliphatic rings. The number of hydrogen-bond acceptors (Lipinski definition) is 3. The van der Waals surface area contributed by atoms with E-state index >= 15 is 0 Å². The van der Waals surface area contributed by atoms with Crippen LogP contribution in [0.25, 0.3) is 0 Å². The lowest BCUT2D eigenvalue weighted by Crippen LogP contribution is -2.55. The molecule has 1 aromatic carbocycles. The smallest absolute Gasteiger partial charge is 0.0874 e. The summed E-state index contributed by atoms with van der Waals surface area (Å²) in [6.45, 7) is 4.88. The van der Waals surface area contributed by atoms with Crippen LogP contribution in [0.3, 0.4) is 0 Å². The molecule has 2 rings (SSSR count). The summed E-state index contributed by atoms with van der Waals surface area (Å²) in [7, 11) is 1.86. The SMILES string of the molecule is CCCNC(CCc1ccccc1)C1(OC)CCOCC1. The van der Waals surface area contributed by atoms with Gasteiger partial charge in [0.1, 0.15) is 0 Å². The molecule has 1 unspecified atom stereocenters. The van der Waals surface area contributed by atoms with Crippen molar-refractivity contribution in [3.63, 3.8) is 0 Å². The van der Waals surface area contributed by atoms with Crippen LogP contribution in [0.5, 0.6) is 0 Å². The molecule has 0 spiro atoms. The van der Waals surface area contributed by atoms with Crippen LogP contribution in [-0.4, -0.2) is 38.5 Å². The fourth-order valence-corrected chi connectivity index (χ4v) is 3.24. The van der Waals surface area contributed by atoms with Gasteiger partial charge < -0.3 is 14.8 Å². The number of methoxy groups -OCH3 is 1. The van der Waals surface area contributed by atoms with Crippen LogP contribution in [0, 0.1) is 0 Å². The number of nitrogens with one attached hydrogen (secondary N) is 1. The van der Waals surface area contributed by atoms with E-state index in [0.717, 1.165) is 51.9 Å². The van der Waals surface area contributed by atoms with Gasteiger partial charge in [-0.05, 0) is 31.4 Å². The fraction of sp³-hybridized carbons (Fsp3) is 0.667. The Hall–Kier alpha value is -0.900. The third-order valence-electron chi connectivity index (χ3n) is 4.59. The van der Waals surface area contributed by atoms with E-state index in [1.165, 1.54) is 5.56 Å². The Morgan fingerprint density at radius 2 is 1.95 bits per heavy atom. The molecule has 0 bridgehead atoms. The van der Waals surface area contributed by atoms with Gasteiger partial charge in [0.15, 0.2) is 0 Å². The van der Waals surface area contributed by atoms with E-state index in [0.29, 0.717) is 6.04 Å². The van der Waals surface area contributed by atoms with Crippen LogP contribution in [-0.2, 0) is 15.9 Å². The first-order chi connectivity index (χ1) is 10.3. The van der Waals surface area contributed by atoms with E-state index in [4.69, 9.17) is 9.47 Å².